The molecule has 1 aromatic rings. The van der Waals surface area contributed by atoms with Crippen LogP contribution in [0.5, 0.6) is 5.75 Å². The lowest BCUT2D eigenvalue weighted by molar-refractivity contribution is 0.124. The van der Waals surface area contributed by atoms with Crippen molar-refractivity contribution in [1.29, 1.82) is 0 Å². The van der Waals surface area contributed by atoms with Gasteiger partial charge < -0.3 is 10.1 Å². The van der Waals surface area contributed by atoms with Crippen molar-refractivity contribution in [3.8, 4) is 5.75 Å². The molecule has 2 nitrogen and oxygen atoms in total. The van der Waals surface area contributed by atoms with Gasteiger partial charge in [-0.2, -0.15) is 0 Å². The third kappa shape index (κ3) is 3.39. The maximum atomic E-state index is 13.3. The average molecular weight is 291 g/mol. The van der Waals surface area contributed by atoms with E-state index in [0.717, 1.165) is 36.6 Å². The lowest BCUT2D eigenvalue weighted by Crippen LogP contribution is -2.40. The molecule has 1 aromatic carbocycles. The number of rotatable bonds is 6. The lowest BCUT2D eigenvalue weighted by Gasteiger charge is -2.33. The summed E-state index contributed by atoms with van der Waals surface area (Å²) in [5.41, 5.74) is 1.31. The van der Waals surface area contributed by atoms with E-state index in [9.17, 15) is 4.39 Å². The van der Waals surface area contributed by atoms with E-state index in [2.05, 4.69) is 26.1 Å². The van der Waals surface area contributed by atoms with E-state index in [1.54, 1.807) is 12.1 Å². The molecule has 3 rings (SSSR count). The van der Waals surface area contributed by atoms with E-state index in [-0.39, 0.29) is 17.3 Å². The summed E-state index contributed by atoms with van der Waals surface area (Å²) in [6, 6.07) is 5.39. The molecule has 0 spiro atoms. The molecule has 116 valence electrons. The van der Waals surface area contributed by atoms with E-state index in [0.29, 0.717) is 6.04 Å². The Kier molecular flexibility index (Phi) is 3.96. The first-order valence-electron chi connectivity index (χ1n) is 8.15. The predicted octanol–water partition coefficient (Wildman–Crippen LogP) is 3.93. The average Bonchev–Trinajstić information content (AvgIpc) is 3.19. The van der Waals surface area contributed by atoms with Gasteiger partial charge in [0.15, 0.2) is 0 Å². The van der Waals surface area contributed by atoms with Crippen LogP contribution < -0.4 is 10.1 Å². The van der Waals surface area contributed by atoms with E-state index in [1.165, 1.54) is 18.9 Å². The second kappa shape index (κ2) is 5.60. The molecule has 0 saturated heterocycles. The van der Waals surface area contributed by atoms with E-state index < -0.39 is 0 Å². The molecule has 1 saturated carbocycles. The fourth-order valence-electron chi connectivity index (χ4n) is 3.52. The normalized spacial score (nSPS) is 23.8. The van der Waals surface area contributed by atoms with Crippen molar-refractivity contribution in [2.75, 3.05) is 6.54 Å². The summed E-state index contributed by atoms with van der Waals surface area (Å²) in [4.78, 5) is 0. The standard InChI is InChI=1S/C18H26FNO/c1-12(2)20-11-18(3,14-4-5-14)10-16-9-13-8-15(19)6-7-17(13)21-16/h6-8,12,14,16,20H,4-5,9-11H2,1-3H3. The van der Waals surface area contributed by atoms with Crippen LogP contribution in [0.4, 0.5) is 4.39 Å². The molecule has 0 radical (unpaired) electrons. The number of ether oxygens (including phenoxy) is 1. The van der Waals surface area contributed by atoms with Crippen molar-refractivity contribution in [2.24, 2.45) is 11.3 Å². The van der Waals surface area contributed by atoms with Gasteiger partial charge in [-0.1, -0.05) is 20.8 Å². The number of halogens is 1. The van der Waals surface area contributed by atoms with Crippen molar-refractivity contribution in [3.63, 3.8) is 0 Å². The zero-order chi connectivity index (χ0) is 15.0. The predicted molar refractivity (Wildman–Crippen MR) is 83.1 cm³/mol. The minimum atomic E-state index is -0.163. The van der Waals surface area contributed by atoms with E-state index in [4.69, 9.17) is 4.74 Å². The fraction of sp³-hybridized carbons (Fsp3) is 0.667. The van der Waals surface area contributed by atoms with Crippen LogP contribution in [-0.4, -0.2) is 18.7 Å². The molecule has 0 amide bonds. The van der Waals surface area contributed by atoms with Gasteiger partial charge in [-0.25, -0.2) is 4.39 Å². The summed E-state index contributed by atoms with van der Waals surface area (Å²) in [6.45, 7) is 7.81. The van der Waals surface area contributed by atoms with Crippen molar-refractivity contribution in [3.05, 3.63) is 29.6 Å². The fourth-order valence-corrected chi connectivity index (χ4v) is 3.52. The summed E-state index contributed by atoms with van der Waals surface area (Å²) < 4.78 is 19.4. The molecule has 1 aliphatic heterocycles. The topological polar surface area (TPSA) is 21.3 Å². The molecular weight excluding hydrogens is 265 g/mol. The third-order valence-corrected chi connectivity index (χ3v) is 4.93. The molecule has 2 atom stereocenters. The Labute approximate surface area is 127 Å². The van der Waals surface area contributed by atoms with Crippen LogP contribution in [0.1, 0.15) is 45.6 Å². The van der Waals surface area contributed by atoms with Crippen LogP contribution in [0, 0.1) is 17.2 Å². The smallest absolute Gasteiger partial charge is 0.123 e. The Balaban J connectivity index is 1.65. The minimum Gasteiger partial charge on any atom is -0.490 e. The number of nitrogens with one attached hydrogen (secondary N) is 1. The number of benzene rings is 1. The Morgan fingerprint density at radius 3 is 2.81 bits per heavy atom. The zero-order valence-electron chi connectivity index (χ0n) is 13.3. The summed E-state index contributed by atoms with van der Waals surface area (Å²) in [5, 5.41) is 3.60. The van der Waals surface area contributed by atoms with Crippen molar-refractivity contribution in [1.82, 2.24) is 5.32 Å². The Hall–Kier alpha value is -1.09. The molecule has 21 heavy (non-hydrogen) atoms. The molecule has 0 bridgehead atoms. The van der Waals surface area contributed by atoms with Gasteiger partial charge in [-0.15, -0.1) is 0 Å². The second-order valence-electron chi connectivity index (χ2n) is 7.36. The molecule has 2 aliphatic rings. The second-order valence-corrected chi connectivity index (χ2v) is 7.36. The van der Waals surface area contributed by atoms with E-state index in [1.807, 2.05) is 0 Å². The Morgan fingerprint density at radius 2 is 2.14 bits per heavy atom. The molecule has 1 aliphatic carbocycles. The maximum Gasteiger partial charge on any atom is 0.123 e. The lowest BCUT2D eigenvalue weighted by atomic mass is 9.78. The zero-order valence-corrected chi connectivity index (χ0v) is 13.3. The quantitative estimate of drug-likeness (QED) is 0.857. The molecule has 3 heteroatoms. The maximum absolute atomic E-state index is 13.3. The summed E-state index contributed by atoms with van der Waals surface area (Å²) in [7, 11) is 0. The highest BCUT2D eigenvalue weighted by atomic mass is 19.1. The number of hydrogen-bond acceptors (Lipinski definition) is 2. The summed E-state index contributed by atoms with van der Waals surface area (Å²) in [5.74, 6) is 1.52. The van der Waals surface area contributed by atoms with Gasteiger partial charge in [0, 0.05) is 24.6 Å². The van der Waals surface area contributed by atoms with Gasteiger partial charge in [-0.3, -0.25) is 0 Å². The third-order valence-electron chi connectivity index (χ3n) is 4.93. The molecular formula is C18H26FNO. The molecule has 1 heterocycles. The summed E-state index contributed by atoms with van der Waals surface area (Å²) in [6.07, 6.45) is 4.77. The van der Waals surface area contributed by atoms with Crippen molar-refractivity contribution >= 4 is 0 Å². The van der Waals surface area contributed by atoms with Crippen LogP contribution in [0.25, 0.3) is 0 Å². The molecule has 1 fully saturated rings. The first-order valence-corrected chi connectivity index (χ1v) is 8.15. The molecule has 1 N–H and O–H groups in total. The first-order chi connectivity index (χ1) is 9.96. The monoisotopic (exact) mass is 291 g/mol. The van der Waals surface area contributed by atoms with E-state index >= 15 is 0 Å². The highest BCUT2D eigenvalue weighted by Gasteiger charge is 2.43. The van der Waals surface area contributed by atoms with Gasteiger partial charge in [-0.05, 0) is 48.8 Å². The van der Waals surface area contributed by atoms with Crippen LogP contribution in [0.2, 0.25) is 0 Å². The highest BCUT2D eigenvalue weighted by Crippen LogP contribution is 2.49. The largest absolute Gasteiger partial charge is 0.490 e. The van der Waals surface area contributed by atoms with Crippen molar-refractivity contribution in [2.45, 2.75) is 58.6 Å². The highest BCUT2D eigenvalue weighted by molar-refractivity contribution is 5.38. The van der Waals surface area contributed by atoms with Crippen LogP contribution in [0.15, 0.2) is 18.2 Å². The van der Waals surface area contributed by atoms with Crippen LogP contribution in [-0.2, 0) is 6.42 Å². The SMILES string of the molecule is CC(C)NCC(C)(CC1Cc2cc(F)ccc2O1)C1CC1. The minimum absolute atomic E-state index is 0.163. The van der Waals surface area contributed by atoms with Crippen LogP contribution >= 0.6 is 0 Å². The van der Waals surface area contributed by atoms with Gasteiger partial charge in [0.05, 0.1) is 0 Å². The number of hydrogen-bond donors (Lipinski definition) is 1. The number of fused-ring (bicyclic) bond motifs is 1. The first kappa shape index (κ1) is 14.8. The molecule has 0 aromatic heterocycles. The van der Waals surface area contributed by atoms with Gasteiger partial charge in [0.2, 0.25) is 0 Å². The van der Waals surface area contributed by atoms with Crippen LogP contribution in [0.3, 0.4) is 0 Å². The van der Waals surface area contributed by atoms with Gasteiger partial charge in [0.1, 0.15) is 17.7 Å². The molecule has 2 unspecified atom stereocenters. The van der Waals surface area contributed by atoms with Gasteiger partial charge in [0.25, 0.3) is 0 Å². The summed E-state index contributed by atoms with van der Waals surface area (Å²) >= 11 is 0. The van der Waals surface area contributed by atoms with Crippen molar-refractivity contribution < 1.29 is 9.13 Å². The Bertz CT molecular complexity index is 512. The Morgan fingerprint density at radius 1 is 1.38 bits per heavy atom. The van der Waals surface area contributed by atoms with Gasteiger partial charge >= 0.3 is 0 Å².